The summed E-state index contributed by atoms with van der Waals surface area (Å²) in [7, 11) is 2.88. The van der Waals surface area contributed by atoms with E-state index in [0.717, 1.165) is 5.56 Å². The molecule has 0 bridgehead atoms. The van der Waals surface area contributed by atoms with E-state index in [2.05, 4.69) is 10.2 Å². The molecule has 4 rings (SSSR count). The van der Waals surface area contributed by atoms with Gasteiger partial charge < -0.3 is 19.0 Å². The van der Waals surface area contributed by atoms with Crippen molar-refractivity contribution in [3.8, 4) is 17.2 Å². The van der Waals surface area contributed by atoms with E-state index >= 15 is 0 Å². The minimum atomic E-state index is -0.257. The molecular weight excluding hydrogens is 478 g/mol. The van der Waals surface area contributed by atoms with Crippen molar-refractivity contribution >= 4 is 46.7 Å². The summed E-state index contributed by atoms with van der Waals surface area (Å²) in [6.45, 7) is 0.202. The minimum Gasteiger partial charge on any atom is -0.502 e. The normalized spacial score (nSPS) is 16.2. The van der Waals surface area contributed by atoms with Crippen LogP contribution < -0.4 is 9.47 Å². The highest BCUT2D eigenvalue weighted by atomic mass is 35.5. The summed E-state index contributed by atoms with van der Waals surface area (Å²) in [6, 6.07) is 13.9. The van der Waals surface area contributed by atoms with Crippen molar-refractivity contribution in [1.29, 1.82) is 0 Å². The molecule has 1 aliphatic rings. The third-order valence-electron chi connectivity index (χ3n) is 4.80. The quantitative estimate of drug-likeness (QED) is 0.275. The van der Waals surface area contributed by atoms with E-state index < -0.39 is 0 Å². The zero-order valence-electron chi connectivity index (χ0n) is 18.3. The first-order chi connectivity index (χ1) is 16.5. The molecule has 0 aliphatic carbocycles. The molecule has 1 saturated heterocycles. The maximum Gasteiger partial charge on any atom is 0.267 e. The van der Waals surface area contributed by atoms with Crippen molar-refractivity contribution in [3.05, 3.63) is 81.6 Å². The van der Waals surface area contributed by atoms with Gasteiger partial charge in [0.25, 0.3) is 5.91 Å². The topological polar surface area (TPSA) is 96.9 Å². The van der Waals surface area contributed by atoms with Gasteiger partial charge in [0, 0.05) is 5.02 Å². The second kappa shape index (κ2) is 10.5. The Morgan fingerprint density at radius 3 is 2.44 bits per heavy atom. The van der Waals surface area contributed by atoms with Crippen LogP contribution in [0.3, 0.4) is 0 Å². The number of phenols is 1. The molecule has 1 N–H and O–H groups in total. The van der Waals surface area contributed by atoms with Gasteiger partial charge in [-0.2, -0.15) is 5.10 Å². The number of carbonyl (C=O) groups excluding carboxylic acids is 1. The standard InChI is InChI=1S/C24H20ClN3O5S/c1-31-19-10-16(11-20(32-2)22(19)29)12-21-23(30)28(14-18-4-3-9-33-18)24(34-21)27-26-13-15-5-7-17(25)8-6-15/h3-13,29H,14H2,1-2H3/b21-12-,26-13-,27-24+. The zero-order chi connectivity index (χ0) is 24.1. The maximum absolute atomic E-state index is 13.2. The van der Waals surface area contributed by atoms with Crippen LogP contribution in [-0.2, 0) is 11.3 Å². The van der Waals surface area contributed by atoms with Crippen molar-refractivity contribution in [3.63, 3.8) is 0 Å². The van der Waals surface area contributed by atoms with E-state index in [0.29, 0.717) is 26.4 Å². The Bertz CT molecular complexity index is 1250. The number of halogens is 1. The number of methoxy groups -OCH3 is 2. The molecule has 34 heavy (non-hydrogen) atoms. The molecule has 8 nitrogen and oxygen atoms in total. The Morgan fingerprint density at radius 1 is 1.12 bits per heavy atom. The number of thioether (sulfide) groups is 1. The highest BCUT2D eigenvalue weighted by Crippen LogP contribution is 2.39. The molecule has 2 aromatic carbocycles. The van der Waals surface area contributed by atoms with Gasteiger partial charge in [-0.05, 0) is 65.4 Å². The SMILES string of the molecule is COc1cc(/C=C2\S/C(=N/N=C\c3ccc(Cl)cc3)N(Cc3ccco3)C2=O)cc(OC)c1O. The van der Waals surface area contributed by atoms with E-state index in [1.165, 1.54) is 30.9 Å². The smallest absolute Gasteiger partial charge is 0.267 e. The van der Waals surface area contributed by atoms with E-state index in [4.69, 9.17) is 25.5 Å². The molecule has 0 spiro atoms. The van der Waals surface area contributed by atoms with Crippen molar-refractivity contribution < 1.29 is 23.8 Å². The number of hydrogen-bond acceptors (Lipinski definition) is 8. The summed E-state index contributed by atoms with van der Waals surface area (Å²) in [5, 5.41) is 19.6. The van der Waals surface area contributed by atoms with E-state index in [9.17, 15) is 9.90 Å². The summed E-state index contributed by atoms with van der Waals surface area (Å²) < 4.78 is 15.8. The van der Waals surface area contributed by atoms with Gasteiger partial charge in [-0.1, -0.05) is 23.7 Å². The predicted molar refractivity (Wildman–Crippen MR) is 133 cm³/mol. The molecule has 10 heteroatoms. The molecule has 0 unspecified atom stereocenters. The summed E-state index contributed by atoms with van der Waals surface area (Å²) in [5.41, 5.74) is 1.44. The largest absolute Gasteiger partial charge is 0.502 e. The number of benzene rings is 2. The molecule has 0 saturated carbocycles. The molecule has 1 amide bonds. The number of amides is 1. The highest BCUT2D eigenvalue weighted by molar-refractivity contribution is 8.18. The molecule has 0 radical (unpaired) electrons. The number of phenolic OH excluding ortho intramolecular Hbond substituents is 1. The van der Waals surface area contributed by atoms with Crippen LogP contribution in [0.1, 0.15) is 16.9 Å². The fourth-order valence-corrected chi connectivity index (χ4v) is 4.18. The summed E-state index contributed by atoms with van der Waals surface area (Å²) in [5.74, 6) is 0.701. The number of rotatable bonds is 7. The zero-order valence-corrected chi connectivity index (χ0v) is 19.8. The van der Waals surface area contributed by atoms with Crippen LogP contribution >= 0.6 is 23.4 Å². The molecule has 1 fully saturated rings. The van der Waals surface area contributed by atoms with E-state index in [1.54, 1.807) is 55.0 Å². The molecule has 1 aliphatic heterocycles. The first-order valence-corrected chi connectivity index (χ1v) is 11.2. The van der Waals surface area contributed by atoms with Gasteiger partial charge in [0.1, 0.15) is 5.76 Å². The van der Waals surface area contributed by atoms with Crippen molar-refractivity contribution in [2.45, 2.75) is 6.54 Å². The molecule has 1 aromatic heterocycles. The lowest BCUT2D eigenvalue weighted by Gasteiger charge is -2.12. The number of amidine groups is 1. The highest BCUT2D eigenvalue weighted by Gasteiger charge is 2.34. The minimum absolute atomic E-state index is 0.115. The third kappa shape index (κ3) is 5.27. The summed E-state index contributed by atoms with van der Waals surface area (Å²) in [6.07, 6.45) is 4.80. The Morgan fingerprint density at radius 2 is 1.82 bits per heavy atom. The molecule has 2 heterocycles. The van der Waals surface area contributed by atoms with Gasteiger partial charge in [0.05, 0.1) is 38.1 Å². The lowest BCUT2D eigenvalue weighted by atomic mass is 10.1. The molecule has 174 valence electrons. The van der Waals surface area contributed by atoms with Gasteiger partial charge in [-0.15, -0.1) is 5.10 Å². The van der Waals surface area contributed by atoms with Crippen LogP contribution in [0.25, 0.3) is 6.08 Å². The number of carbonyl (C=O) groups is 1. The average molecular weight is 498 g/mol. The van der Waals surface area contributed by atoms with E-state index in [1.807, 2.05) is 12.1 Å². The fraction of sp³-hybridized carbons (Fsp3) is 0.125. The lowest BCUT2D eigenvalue weighted by Crippen LogP contribution is -2.28. The van der Waals surface area contributed by atoms with Gasteiger partial charge in [0.2, 0.25) is 5.75 Å². The van der Waals surface area contributed by atoms with Crippen molar-refractivity contribution in [2.75, 3.05) is 14.2 Å². The van der Waals surface area contributed by atoms with Gasteiger partial charge in [-0.25, -0.2) is 0 Å². The first-order valence-electron chi connectivity index (χ1n) is 10.0. The van der Waals surface area contributed by atoms with Crippen LogP contribution in [0.2, 0.25) is 5.02 Å². The maximum atomic E-state index is 13.2. The van der Waals surface area contributed by atoms with Crippen LogP contribution in [0.15, 0.2) is 74.3 Å². The van der Waals surface area contributed by atoms with Crippen molar-refractivity contribution in [2.24, 2.45) is 10.2 Å². The fourth-order valence-electron chi connectivity index (χ4n) is 3.12. The summed E-state index contributed by atoms with van der Waals surface area (Å²) >= 11 is 7.10. The van der Waals surface area contributed by atoms with Gasteiger partial charge in [0.15, 0.2) is 16.7 Å². The predicted octanol–water partition coefficient (Wildman–Crippen LogP) is 5.16. The Hall–Kier alpha value is -3.69. The first kappa shape index (κ1) is 23.5. The Kier molecular flexibility index (Phi) is 7.24. The molecule has 3 aromatic rings. The average Bonchev–Trinajstić information content (AvgIpc) is 3.45. The Balaban J connectivity index is 1.66. The number of ether oxygens (including phenoxy) is 2. The van der Waals surface area contributed by atoms with Gasteiger partial charge >= 0.3 is 0 Å². The second-order valence-corrected chi connectivity index (χ2v) is 8.48. The number of furan rings is 1. The number of aromatic hydroxyl groups is 1. The molecular formula is C24H20ClN3O5S. The Labute approximate surface area is 205 Å². The third-order valence-corrected chi connectivity index (χ3v) is 6.05. The molecule has 0 atom stereocenters. The second-order valence-electron chi connectivity index (χ2n) is 7.03. The van der Waals surface area contributed by atoms with Crippen LogP contribution in [-0.4, -0.2) is 41.5 Å². The van der Waals surface area contributed by atoms with Crippen LogP contribution in [0.5, 0.6) is 17.2 Å². The number of hydrogen-bond donors (Lipinski definition) is 1. The lowest BCUT2D eigenvalue weighted by molar-refractivity contribution is -0.122. The summed E-state index contributed by atoms with van der Waals surface area (Å²) in [4.78, 5) is 15.1. The van der Waals surface area contributed by atoms with Gasteiger partial charge in [-0.3, -0.25) is 9.69 Å². The van der Waals surface area contributed by atoms with Crippen LogP contribution in [0.4, 0.5) is 0 Å². The van der Waals surface area contributed by atoms with E-state index in [-0.39, 0.29) is 29.7 Å². The number of nitrogens with zero attached hydrogens (tertiary/aromatic N) is 3. The van der Waals surface area contributed by atoms with Crippen LogP contribution in [0, 0.1) is 0 Å². The monoisotopic (exact) mass is 497 g/mol. The van der Waals surface area contributed by atoms with Crippen molar-refractivity contribution in [1.82, 2.24) is 4.90 Å².